The van der Waals surface area contributed by atoms with Gasteiger partial charge in [-0.1, -0.05) is 55.3 Å². The number of benzene rings is 1. The molecule has 2 N–H and O–H groups in total. The Kier molecular flexibility index (Phi) is 9.20. The zero-order valence-corrected chi connectivity index (χ0v) is 18.6. The lowest BCUT2D eigenvalue weighted by atomic mass is 9.97. The van der Waals surface area contributed by atoms with Crippen LogP contribution in [0.5, 0.6) is 0 Å². The third-order valence-corrected chi connectivity index (χ3v) is 6.98. The van der Waals surface area contributed by atoms with Crippen LogP contribution in [0.4, 0.5) is 0 Å². The van der Waals surface area contributed by atoms with Crippen LogP contribution < -0.4 is 10.0 Å². The van der Waals surface area contributed by atoms with E-state index in [-0.39, 0.29) is 26.9 Å². The summed E-state index contributed by atoms with van der Waals surface area (Å²) in [5.41, 5.74) is 0. The molecular formula is C19H26Cl2N2O5S. The van der Waals surface area contributed by atoms with Gasteiger partial charge in [0.1, 0.15) is 6.04 Å². The second-order valence-electron chi connectivity index (χ2n) is 7.14. The van der Waals surface area contributed by atoms with E-state index >= 15 is 0 Å². The highest BCUT2D eigenvalue weighted by atomic mass is 35.5. The average Bonchev–Trinajstić information content (AvgIpc) is 2.63. The molecule has 1 amide bonds. The molecule has 1 aliphatic carbocycles. The number of hydrogen-bond acceptors (Lipinski definition) is 5. The number of carbonyl (C=O) groups excluding carboxylic acids is 2. The Morgan fingerprint density at radius 2 is 1.72 bits per heavy atom. The molecular weight excluding hydrogens is 439 g/mol. The summed E-state index contributed by atoms with van der Waals surface area (Å²) < 4.78 is 31.9. The van der Waals surface area contributed by atoms with E-state index in [1.165, 1.54) is 31.5 Å². The monoisotopic (exact) mass is 464 g/mol. The van der Waals surface area contributed by atoms with Crippen LogP contribution >= 0.6 is 23.2 Å². The molecule has 0 unspecified atom stereocenters. The van der Waals surface area contributed by atoms with Crippen molar-refractivity contribution < 1.29 is 22.7 Å². The molecule has 1 aromatic rings. The van der Waals surface area contributed by atoms with Crippen LogP contribution in [0, 0.1) is 0 Å². The molecule has 0 bridgehead atoms. The van der Waals surface area contributed by atoms with E-state index in [2.05, 4.69) is 10.0 Å². The van der Waals surface area contributed by atoms with Crippen molar-refractivity contribution in [2.24, 2.45) is 0 Å². The summed E-state index contributed by atoms with van der Waals surface area (Å²) in [7, 11) is -4.01. The van der Waals surface area contributed by atoms with Crippen molar-refractivity contribution in [1.29, 1.82) is 0 Å². The topological polar surface area (TPSA) is 102 Å². The van der Waals surface area contributed by atoms with Crippen LogP contribution in [0.3, 0.4) is 0 Å². The van der Waals surface area contributed by atoms with Crippen LogP contribution in [0.25, 0.3) is 0 Å². The number of sulfonamides is 1. The molecule has 0 heterocycles. The van der Waals surface area contributed by atoms with Gasteiger partial charge in [-0.05, 0) is 38.0 Å². The first-order chi connectivity index (χ1) is 13.7. The smallest absolute Gasteiger partial charge is 0.324 e. The van der Waals surface area contributed by atoms with Crippen molar-refractivity contribution in [3.63, 3.8) is 0 Å². The van der Waals surface area contributed by atoms with Crippen molar-refractivity contribution in [2.75, 3.05) is 6.61 Å². The number of halogens is 2. The molecule has 1 aromatic carbocycles. The number of rotatable bonds is 7. The maximum absolute atomic E-state index is 12.4. The lowest BCUT2D eigenvalue weighted by Gasteiger charge is -2.21. The summed E-state index contributed by atoms with van der Waals surface area (Å²) in [5, 5.41) is 3.18. The van der Waals surface area contributed by atoms with Gasteiger partial charge in [0.05, 0.1) is 14.9 Å². The Labute approximate surface area is 181 Å². The summed E-state index contributed by atoms with van der Waals surface area (Å²) >= 11 is 11.6. The number of carbonyl (C=O) groups is 2. The van der Waals surface area contributed by atoms with Gasteiger partial charge in [-0.3, -0.25) is 9.59 Å². The molecule has 1 atom stereocenters. The maximum Gasteiger partial charge on any atom is 0.324 e. The van der Waals surface area contributed by atoms with E-state index in [4.69, 9.17) is 27.9 Å². The Balaban J connectivity index is 1.83. The summed E-state index contributed by atoms with van der Waals surface area (Å²) in [6.45, 7) is 0.887. The molecule has 0 radical (unpaired) electrons. The van der Waals surface area contributed by atoms with E-state index in [9.17, 15) is 18.0 Å². The molecule has 1 saturated carbocycles. The fourth-order valence-corrected chi connectivity index (χ4v) is 4.71. The van der Waals surface area contributed by atoms with E-state index in [0.717, 1.165) is 38.5 Å². The molecule has 7 nitrogen and oxygen atoms in total. The molecule has 162 valence electrons. The van der Waals surface area contributed by atoms with Crippen LogP contribution in [-0.4, -0.2) is 39.0 Å². The highest BCUT2D eigenvalue weighted by Crippen LogP contribution is 2.24. The molecule has 0 spiro atoms. The number of esters is 1. The van der Waals surface area contributed by atoms with Gasteiger partial charge in [-0.15, -0.1) is 0 Å². The summed E-state index contributed by atoms with van der Waals surface area (Å²) in [6.07, 6.45) is 7.53. The lowest BCUT2D eigenvalue weighted by Crippen LogP contribution is -2.42. The molecule has 0 aromatic heterocycles. The van der Waals surface area contributed by atoms with Crippen molar-refractivity contribution >= 4 is 45.1 Å². The van der Waals surface area contributed by atoms with E-state index < -0.39 is 28.6 Å². The summed E-state index contributed by atoms with van der Waals surface area (Å²) in [6, 6.07) is 2.72. The SMILES string of the molecule is C[C@H](NS(=O)(=O)c1ccc(Cl)c(Cl)c1)C(=O)OCC(=O)NC1CCCCCCC1. The zero-order valence-electron chi connectivity index (χ0n) is 16.2. The predicted octanol–water partition coefficient (Wildman–Crippen LogP) is 3.43. The van der Waals surface area contributed by atoms with Crippen LogP contribution in [0.15, 0.2) is 23.1 Å². The second-order valence-corrected chi connectivity index (χ2v) is 9.66. The molecule has 0 aliphatic heterocycles. The lowest BCUT2D eigenvalue weighted by molar-refractivity contribution is -0.150. The maximum atomic E-state index is 12.4. The summed E-state index contributed by atoms with van der Waals surface area (Å²) in [4.78, 5) is 24.0. The van der Waals surface area contributed by atoms with Crippen molar-refractivity contribution in [3.05, 3.63) is 28.2 Å². The van der Waals surface area contributed by atoms with Gasteiger partial charge in [-0.2, -0.15) is 4.72 Å². The number of hydrogen-bond donors (Lipinski definition) is 2. The Morgan fingerprint density at radius 1 is 1.10 bits per heavy atom. The van der Waals surface area contributed by atoms with Gasteiger partial charge in [-0.25, -0.2) is 8.42 Å². The minimum Gasteiger partial charge on any atom is -0.454 e. The second kappa shape index (κ2) is 11.2. The molecule has 1 fully saturated rings. The van der Waals surface area contributed by atoms with Crippen LogP contribution in [0.2, 0.25) is 10.0 Å². The van der Waals surface area contributed by atoms with Crippen molar-refractivity contribution in [1.82, 2.24) is 10.0 Å². The fraction of sp³-hybridized carbons (Fsp3) is 0.579. The Bertz CT molecular complexity index is 824. The molecule has 1 aliphatic rings. The van der Waals surface area contributed by atoms with Crippen molar-refractivity contribution in [3.8, 4) is 0 Å². The highest BCUT2D eigenvalue weighted by Gasteiger charge is 2.24. The number of nitrogens with one attached hydrogen (secondary N) is 2. The normalized spacial score (nSPS) is 17.1. The molecule has 29 heavy (non-hydrogen) atoms. The van der Waals surface area contributed by atoms with Crippen LogP contribution in [0.1, 0.15) is 51.9 Å². The molecule has 10 heteroatoms. The fourth-order valence-electron chi connectivity index (χ4n) is 3.12. The van der Waals surface area contributed by atoms with Gasteiger partial charge in [0.15, 0.2) is 6.61 Å². The van der Waals surface area contributed by atoms with Gasteiger partial charge in [0, 0.05) is 6.04 Å². The first-order valence-electron chi connectivity index (χ1n) is 9.62. The third-order valence-electron chi connectivity index (χ3n) is 4.70. The number of amides is 1. The van der Waals surface area contributed by atoms with Gasteiger partial charge < -0.3 is 10.1 Å². The molecule has 2 rings (SSSR count). The molecule has 0 saturated heterocycles. The Hall–Kier alpha value is -1.35. The zero-order chi connectivity index (χ0) is 21.4. The minimum absolute atomic E-state index is 0.0793. The average molecular weight is 465 g/mol. The number of ether oxygens (including phenoxy) is 1. The van der Waals surface area contributed by atoms with Crippen LogP contribution in [-0.2, 0) is 24.3 Å². The van der Waals surface area contributed by atoms with Gasteiger partial charge in [0.2, 0.25) is 10.0 Å². The van der Waals surface area contributed by atoms with Crippen molar-refractivity contribution in [2.45, 2.75) is 68.8 Å². The van der Waals surface area contributed by atoms with Gasteiger partial charge >= 0.3 is 5.97 Å². The standard InChI is InChI=1S/C19H26Cl2N2O5S/c1-13(23-29(26,27)15-9-10-16(20)17(21)11-15)19(25)28-12-18(24)22-14-7-5-3-2-4-6-8-14/h9-11,13-14,23H,2-8,12H2,1H3,(H,22,24)/t13-/m0/s1. The van der Waals surface area contributed by atoms with E-state index in [0.29, 0.717) is 0 Å². The Morgan fingerprint density at radius 3 is 2.34 bits per heavy atom. The first kappa shape index (κ1) is 23.9. The quantitative estimate of drug-likeness (QED) is 0.601. The highest BCUT2D eigenvalue weighted by molar-refractivity contribution is 7.89. The van der Waals surface area contributed by atoms with E-state index in [1.807, 2.05) is 0 Å². The predicted molar refractivity (Wildman–Crippen MR) is 111 cm³/mol. The van der Waals surface area contributed by atoms with Gasteiger partial charge in [0.25, 0.3) is 5.91 Å². The van der Waals surface area contributed by atoms with E-state index in [1.54, 1.807) is 0 Å². The summed E-state index contributed by atoms with van der Waals surface area (Å²) in [5.74, 6) is -1.23. The minimum atomic E-state index is -4.01. The third kappa shape index (κ3) is 7.77. The largest absolute Gasteiger partial charge is 0.454 e. The first-order valence-corrected chi connectivity index (χ1v) is 11.9.